The number of hydrogen-bond donors (Lipinski definition) is 2. The fraction of sp³-hybridized carbons (Fsp3) is 0.400. The largest absolute Gasteiger partial charge is 0.486 e. The Bertz CT molecular complexity index is 407. The van der Waals surface area contributed by atoms with Crippen molar-refractivity contribution in [1.29, 1.82) is 0 Å². The van der Waals surface area contributed by atoms with Crippen molar-refractivity contribution in [2.24, 2.45) is 0 Å². The summed E-state index contributed by atoms with van der Waals surface area (Å²) in [5.74, 6) is -0.879. The summed E-state index contributed by atoms with van der Waals surface area (Å²) < 4.78 is 18.8. The molecule has 0 spiro atoms. The third kappa shape index (κ3) is 2.11. The molecule has 1 saturated heterocycles. The second-order valence-electron chi connectivity index (χ2n) is 3.48. The van der Waals surface area contributed by atoms with Crippen LogP contribution in [0.1, 0.15) is 10.5 Å². The summed E-state index contributed by atoms with van der Waals surface area (Å²) in [4.78, 5) is 14.9. The van der Waals surface area contributed by atoms with Crippen molar-refractivity contribution in [1.82, 2.24) is 15.6 Å². The van der Waals surface area contributed by atoms with Crippen molar-refractivity contribution in [2.75, 3.05) is 20.1 Å². The Hall–Kier alpha value is -1.69. The predicted octanol–water partition coefficient (Wildman–Crippen LogP) is -0.0691. The minimum atomic E-state index is -0.677. The van der Waals surface area contributed by atoms with Crippen LogP contribution in [0.15, 0.2) is 12.3 Å². The molecule has 5 nitrogen and oxygen atoms in total. The van der Waals surface area contributed by atoms with Gasteiger partial charge in [-0.05, 0) is 0 Å². The van der Waals surface area contributed by atoms with Crippen LogP contribution in [-0.2, 0) is 0 Å². The van der Waals surface area contributed by atoms with E-state index in [2.05, 4.69) is 15.6 Å². The molecule has 0 aliphatic carbocycles. The van der Waals surface area contributed by atoms with E-state index in [1.807, 2.05) is 0 Å². The molecule has 1 aliphatic heterocycles. The van der Waals surface area contributed by atoms with Gasteiger partial charge >= 0.3 is 0 Å². The van der Waals surface area contributed by atoms with Gasteiger partial charge in [0, 0.05) is 26.2 Å². The maximum atomic E-state index is 13.4. The van der Waals surface area contributed by atoms with Gasteiger partial charge in [-0.25, -0.2) is 9.37 Å². The molecule has 0 saturated carbocycles. The fourth-order valence-corrected chi connectivity index (χ4v) is 1.31. The molecule has 1 amide bonds. The number of carbonyl (C=O) groups is 1. The van der Waals surface area contributed by atoms with Crippen LogP contribution in [0.4, 0.5) is 4.39 Å². The molecule has 0 bridgehead atoms. The van der Waals surface area contributed by atoms with Gasteiger partial charge in [0.05, 0.1) is 6.20 Å². The molecule has 1 aliphatic rings. The van der Waals surface area contributed by atoms with Crippen LogP contribution in [0.5, 0.6) is 5.75 Å². The summed E-state index contributed by atoms with van der Waals surface area (Å²) >= 11 is 0. The summed E-state index contributed by atoms with van der Waals surface area (Å²) in [5, 5.41) is 5.34. The summed E-state index contributed by atoms with van der Waals surface area (Å²) in [6.45, 7) is 1.50. The Morgan fingerprint density at radius 1 is 1.69 bits per heavy atom. The van der Waals surface area contributed by atoms with Crippen molar-refractivity contribution in [3.63, 3.8) is 0 Å². The molecule has 0 unspecified atom stereocenters. The first-order chi connectivity index (χ1) is 7.70. The van der Waals surface area contributed by atoms with E-state index < -0.39 is 11.7 Å². The highest BCUT2D eigenvalue weighted by molar-refractivity contribution is 5.92. The van der Waals surface area contributed by atoms with Crippen molar-refractivity contribution in [3.8, 4) is 5.75 Å². The van der Waals surface area contributed by atoms with Crippen LogP contribution in [0.25, 0.3) is 0 Å². The molecule has 16 heavy (non-hydrogen) atoms. The number of ether oxygens (including phenoxy) is 1. The fourth-order valence-electron chi connectivity index (χ4n) is 1.31. The van der Waals surface area contributed by atoms with Gasteiger partial charge in [-0.15, -0.1) is 0 Å². The van der Waals surface area contributed by atoms with Gasteiger partial charge in [0.15, 0.2) is 11.5 Å². The van der Waals surface area contributed by atoms with Gasteiger partial charge in [0.2, 0.25) is 0 Å². The first kappa shape index (κ1) is 10.8. The SMILES string of the molecule is CNC(=O)c1ncc(OC2CNC2)cc1F. The average Bonchev–Trinajstić information content (AvgIpc) is 2.23. The Balaban J connectivity index is 2.11. The van der Waals surface area contributed by atoms with Crippen LogP contribution in [0.2, 0.25) is 0 Å². The van der Waals surface area contributed by atoms with E-state index in [0.717, 1.165) is 13.1 Å². The van der Waals surface area contributed by atoms with E-state index in [-0.39, 0.29) is 11.8 Å². The van der Waals surface area contributed by atoms with Gasteiger partial charge in [-0.2, -0.15) is 0 Å². The first-order valence-electron chi connectivity index (χ1n) is 4.95. The monoisotopic (exact) mass is 225 g/mol. The molecule has 0 radical (unpaired) electrons. The van der Waals surface area contributed by atoms with Gasteiger partial charge in [0.1, 0.15) is 11.9 Å². The summed E-state index contributed by atoms with van der Waals surface area (Å²) in [6.07, 6.45) is 1.42. The standard InChI is InChI=1S/C10H12FN3O2/c1-12-10(15)9-8(11)2-6(5-14-9)16-7-3-13-4-7/h2,5,7,13H,3-4H2,1H3,(H,12,15). The van der Waals surface area contributed by atoms with Crippen LogP contribution in [0.3, 0.4) is 0 Å². The summed E-state index contributed by atoms with van der Waals surface area (Å²) in [7, 11) is 1.42. The average molecular weight is 225 g/mol. The van der Waals surface area contributed by atoms with E-state index in [1.54, 1.807) is 0 Å². The lowest BCUT2D eigenvalue weighted by atomic mass is 10.2. The van der Waals surface area contributed by atoms with Gasteiger partial charge in [-0.3, -0.25) is 4.79 Å². The molecule has 1 aromatic rings. The third-order valence-corrected chi connectivity index (χ3v) is 2.30. The molecule has 2 rings (SSSR count). The number of amides is 1. The quantitative estimate of drug-likeness (QED) is 0.756. The van der Waals surface area contributed by atoms with Gasteiger partial charge in [-0.1, -0.05) is 0 Å². The van der Waals surface area contributed by atoms with E-state index in [4.69, 9.17) is 4.74 Å². The number of carbonyl (C=O) groups excluding carboxylic acids is 1. The second-order valence-corrected chi connectivity index (χ2v) is 3.48. The Kier molecular flexibility index (Phi) is 3.00. The lowest BCUT2D eigenvalue weighted by Gasteiger charge is -2.27. The molecule has 86 valence electrons. The molecular formula is C10H12FN3O2. The molecular weight excluding hydrogens is 213 g/mol. The molecule has 0 aromatic carbocycles. The molecule has 2 heterocycles. The maximum absolute atomic E-state index is 13.4. The van der Waals surface area contributed by atoms with Gasteiger partial charge < -0.3 is 15.4 Å². The topological polar surface area (TPSA) is 63.2 Å². The molecule has 1 aromatic heterocycles. The molecule has 1 fully saturated rings. The normalized spacial score (nSPS) is 15.4. The number of pyridine rings is 1. The lowest BCUT2D eigenvalue weighted by Crippen LogP contribution is -2.50. The smallest absolute Gasteiger partial charge is 0.272 e. The van der Waals surface area contributed by atoms with Crippen LogP contribution < -0.4 is 15.4 Å². The minimum absolute atomic E-state index is 0.0621. The number of halogens is 1. The number of rotatable bonds is 3. The number of nitrogens with zero attached hydrogens (tertiary/aromatic N) is 1. The first-order valence-corrected chi connectivity index (χ1v) is 4.95. The molecule has 6 heteroatoms. The van der Waals surface area contributed by atoms with Crippen LogP contribution in [0, 0.1) is 5.82 Å². The zero-order valence-corrected chi connectivity index (χ0v) is 8.79. The van der Waals surface area contributed by atoms with Crippen LogP contribution in [-0.4, -0.2) is 37.1 Å². The van der Waals surface area contributed by atoms with E-state index in [0.29, 0.717) is 5.75 Å². The highest BCUT2D eigenvalue weighted by Gasteiger charge is 2.20. The van der Waals surface area contributed by atoms with Crippen molar-refractivity contribution < 1.29 is 13.9 Å². The highest BCUT2D eigenvalue weighted by atomic mass is 19.1. The summed E-state index contributed by atoms with van der Waals surface area (Å²) in [6, 6.07) is 1.18. The van der Waals surface area contributed by atoms with Crippen molar-refractivity contribution >= 4 is 5.91 Å². The van der Waals surface area contributed by atoms with Crippen LogP contribution >= 0.6 is 0 Å². The van der Waals surface area contributed by atoms with E-state index in [9.17, 15) is 9.18 Å². The molecule has 0 atom stereocenters. The number of nitrogens with one attached hydrogen (secondary N) is 2. The minimum Gasteiger partial charge on any atom is -0.486 e. The number of aromatic nitrogens is 1. The Labute approximate surface area is 92.0 Å². The zero-order valence-electron chi connectivity index (χ0n) is 8.79. The molecule has 2 N–H and O–H groups in total. The Morgan fingerprint density at radius 2 is 2.44 bits per heavy atom. The van der Waals surface area contributed by atoms with E-state index in [1.165, 1.54) is 19.3 Å². The van der Waals surface area contributed by atoms with E-state index >= 15 is 0 Å². The summed E-state index contributed by atoms with van der Waals surface area (Å²) in [5.41, 5.74) is -0.221. The highest BCUT2D eigenvalue weighted by Crippen LogP contribution is 2.16. The zero-order chi connectivity index (χ0) is 11.5. The van der Waals surface area contributed by atoms with Crippen molar-refractivity contribution in [3.05, 3.63) is 23.8 Å². The van der Waals surface area contributed by atoms with Crippen molar-refractivity contribution in [2.45, 2.75) is 6.10 Å². The second kappa shape index (κ2) is 4.44. The lowest BCUT2D eigenvalue weighted by molar-refractivity contribution is 0.0953. The third-order valence-electron chi connectivity index (χ3n) is 2.30. The maximum Gasteiger partial charge on any atom is 0.272 e. The Morgan fingerprint density at radius 3 is 2.94 bits per heavy atom. The number of hydrogen-bond acceptors (Lipinski definition) is 4. The predicted molar refractivity (Wildman–Crippen MR) is 54.9 cm³/mol. The van der Waals surface area contributed by atoms with Gasteiger partial charge in [0.25, 0.3) is 5.91 Å².